The molecule has 1 aromatic heterocycles. The molecule has 0 fully saturated rings. The molecule has 1 heterocycles. The standard InChI is InChI=1S/C10H9ClN4O2/c1-13-9(16)8-14-10(17-15-8)5-2-3-7(12)6(11)4-5/h2-4H,12H2,1H3,(H,13,16). The number of hydrogen-bond acceptors (Lipinski definition) is 5. The van der Waals surface area contributed by atoms with E-state index in [1.807, 2.05) is 0 Å². The first-order valence-electron chi connectivity index (χ1n) is 4.73. The van der Waals surface area contributed by atoms with Crippen LogP contribution in [-0.2, 0) is 0 Å². The van der Waals surface area contributed by atoms with Gasteiger partial charge in [0, 0.05) is 12.6 Å². The Kier molecular flexibility index (Phi) is 2.97. The SMILES string of the molecule is CNC(=O)c1noc(-c2ccc(N)c(Cl)c2)n1. The Labute approximate surface area is 102 Å². The second-order valence-electron chi connectivity index (χ2n) is 3.24. The fourth-order valence-electron chi connectivity index (χ4n) is 1.20. The molecule has 0 bridgehead atoms. The van der Waals surface area contributed by atoms with E-state index < -0.39 is 5.91 Å². The zero-order chi connectivity index (χ0) is 12.4. The molecule has 7 heteroatoms. The van der Waals surface area contributed by atoms with E-state index >= 15 is 0 Å². The highest BCUT2D eigenvalue weighted by molar-refractivity contribution is 6.33. The summed E-state index contributed by atoms with van der Waals surface area (Å²) in [6.45, 7) is 0. The predicted molar refractivity (Wildman–Crippen MR) is 62.5 cm³/mol. The molecule has 17 heavy (non-hydrogen) atoms. The summed E-state index contributed by atoms with van der Waals surface area (Å²) in [5.74, 6) is -0.234. The van der Waals surface area contributed by atoms with Crippen LogP contribution in [0.15, 0.2) is 22.7 Å². The number of hydrogen-bond donors (Lipinski definition) is 2. The van der Waals surface area contributed by atoms with Gasteiger partial charge in [0.05, 0.1) is 10.7 Å². The predicted octanol–water partition coefficient (Wildman–Crippen LogP) is 1.33. The molecule has 0 aliphatic rings. The van der Waals surface area contributed by atoms with Gasteiger partial charge in [-0.3, -0.25) is 4.79 Å². The van der Waals surface area contributed by atoms with Crippen LogP contribution in [0.3, 0.4) is 0 Å². The summed E-state index contributed by atoms with van der Waals surface area (Å²) >= 11 is 5.87. The molecule has 0 spiro atoms. The van der Waals surface area contributed by atoms with Crippen molar-refractivity contribution < 1.29 is 9.32 Å². The van der Waals surface area contributed by atoms with Crippen LogP contribution in [0.25, 0.3) is 11.5 Å². The van der Waals surface area contributed by atoms with Crippen LogP contribution in [0, 0.1) is 0 Å². The minimum Gasteiger partial charge on any atom is -0.398 e. The molecule has 2 aromatic rings. The Morgan fingerprint density at radius 1 is 1.53 bits per heavy atom. The van der Waals surface area contributed by atoms with Crippen LogP contribution in [0.1, 0.15) is 10.6 Å². The van der Waals surface area contributed by atoms with Gasteiger partial charge in [-0.25, -0.2) is 0 Å². The minimum absolute atomic E-state index is 0.0320. The number of nitrogens with zero attached hydrogens (tertiary/aromatic N) is 2. The highest BCUT2D eigenvalue weighted by atomic mass is 35.5. The van der Waals surface area contributed by atoms with Crippen LogP contribution >= 0.6 is 11.6 Å². The topological polar surface area (TPSA) is 94.0 Å². The van der Waals surface area contributed by atoms with Gasteiger partial charge in [0.25, 0.3) is 17.6 Å². The smallest absolute Gasteiger partial charge is 0.292 e. The van der Waals surface area contributed by atoms with Crippen molar-refractivity contribution in [3.05, 3.63) is 29.0 Å². The molecule has 2 rings (SSSR count). The highest BCUT2D eigenvalue weighted by Gasteiger charge is 2.14. The number of rotatable bonds is 2. The van der Waals surface area contributed by atoms with Crippen molar-refractivity contribution in [2.24, 2.45) is 0 Å². The Hall–Kier alpha value is -2.08. The van der Waals surface area contributed by atoms with Crippen molar-refractivity contribution in [3.63, 3.8) is 0 Å². The van der Waals surface area contributed by atoms with Crippen LogP contribution in [0.4, 0.5) is 5.69 Å². The lowest BCUT2D eigenvalue weighted by Gasteiger charge is -1.98. The first-order valence-corrected chi connectivity index (χ1v) is 5.11. The Morgan fingerprint density at radius 3 is 2.94 bits per heavy atom. The maximum Gasteiger partial charge on any atom is 0.292 e. The largest absolute Gasteiger partial charge is 0.398 e. The van der Waals surface area contributed by atoms with Gasteiger partial charge in [0.1, 0.15) is 0 Å². The number of benzene rings is 1. The molecule has 0 radical (unpaired) electrons. The first kappa shape index (κ1) is 11.4. The average Bonchev–Trinajstić information content (AvgIpc) is 2.81. The lowest BCUT2D eigenvalue weighted by molar-refractivity contribution is 0.0950. The Bertz CT molecular complexity index is 567. The molecular formula is C10H9ClN4O2. The summed E-state index contributed by atoms with van der Waals surface area (Å²) in [6, 6.07) is 4.90. The number of carbonyl (C=O) groups excluding carboxylic acids is 1. The molecule has 0 aliphatic carbocycles. The quantitative estimate of drug-likeness (QED) is 0.787. The van der Waals surface area contributed by atoms with Crippen molar-refractivity contribution in [1.82, 2.24) is 15.5 Å². The summed E-state index contributed by atoms with van der Waals surface area (Å²) in [5, 5.41) is 6.33. The molecule has 0 aliphatic heterocycles. The van der Waals surface area contributed by atoms with Gasteiger partial charge in [-0.2, -0.15) is 4.98 Å². The van der Waals surface area contributed by atoms with E-state index in [0.29, 0.717) is 16.3 Å². The third-order valence-corrected chi connectivity index (χ3v) is 2.43. The monoisotopic (exact) mass is 252 g/mol. The molecule has 0 saturated heterocycles. The number of carbonyl (C=O) groups is 1. The average molecular weight is 253 g/mol. The van der Waals surface area contributed by atoms with Gasteiger partial charge in [-0.1, -0.05) is 16.8 Å². The Balaban J connectivity index is 2.37. The van der Waals surface area contributed by atoms with Crippen LogP contribution < -0.4 is 11.1 Å². The molecule has 3 N–H and O–H groups in total. The summed E-state index contributed by atoms with van der Waals surface area (Å²) in [6.07, 6.45) is 0. The second kappa shape index (κ2) is 4.42. The van der Waals surface area contributed by atoms with Gasteiger partial charge < -0.3 is 15.6 Å². The van der Waals surface area contributed by atoms with E-state index in [1.165, 1.54) is 7.05 Å². The summed E-state index contributed by atoms with van der Waals surface area (Å²) in [7, 11) is 1.48. The van der Waals surface area contributed by atoms with E-state index in [-0.39, 0.29) is 11.7 Å². The highest BCUT2D eigenvalue weighted by Crippen LogP contribution is 2.25. The summed E-state index contributed by atoms with van der Waals surface area (Å²) in [4.78, 5) is 15.2. The third-order valence-electron chi connectivity index (χ3n) is 2.10. The number of halogens is 1. The zero-order valence-electron chi connectivity index (χ0n) is 8.90. The van der Waals surface area contributed by atoms with Crippen molar-refractivity contribution >= 4 is 23.2 Å². The number of nitrogen functional groups attached to an aromatic ring is 1. The van der Waals surface area contributed by atoms with Crippen molar-refractivity contribution in [1.29, 1.82) is 0 Å². The summed E-state index contributed by atoms with van der Waals surface area (Å²) in [5.41, 5.74) is 6.64. The number of anilines is 1. The van der Waals surface area contributed by atoms with E-state index in [0.717, 1.165) is 0 Å². The number of amides is 1. The van der Waals surface area contributed by atoms with Crippen molar-refractivity contribution in [3.8, 4) is 11.5 Å². The fourth-order valence-corrected chi connectivity index (χ4v) is 1.39. The molecule has 1 aromatic carbocycles. The van der Waals surface area contributed by atoms with Crippen molar-refractivity contribution in [2.75, 3.05) is 12.8 Å². The molecule has 0 saturated carbocycles. The minimum atomic E-state index is -0.415. The first-order chi connectivity index (χ1) is 8.11. The van der Waals surface area contributed by atoms with E-state index in [1.54, 1.807) is 18.2 Å². The molecular weight excluding hydrogens is 244 g/mol. The van der Waals surface area contributed by atoms with E-state index in [4.69, 9.17) is 21.9 Å². The summed E-state index contributed by atoms with van der Waals surface area (Å²) < 4.78 is 4.95. The normalized spacial score (nSPS) is 10.2. The lowest BCUT2D eigenvalue weighted by Crippen LogP contribution is -2.19. The number of nitrogens with one attached hydrogen (secondary N) is 1. The second-order valence-corrected chi connectivity index (χ2v) is 3.65. The van der Waals surface area contributed by atoms with Gasteiger partial charge in [0.2, 0.25) is 0 Å². The fraction of sp³-hybridized carbons (Fsp3) is 0.100. The van der Waals surface area contributed by atoms with Crippen LogP contribution in [-0.4, -0.2) is 23.1 Å². The van der Waals surface area contributed by atoms with Crippen LogP contribution in [0.5, 0.6) is 0 Å². The number of nitrogens with two attached hydrogens (primary N) is 1. The van der Waals surface area contributed by atoms with Gasteiger partial charge >= 0.3 is 0 Å². The maximum atomic E-state index is 11.2. The van der Waals surface area contributed by atoms with Crippen molar-refractivity contribution in [2.45, 2.75) is 0 Å². The number of aromatic nitrogens is 2. The van der Waals surface area contributed by atoms with E-state index in [9.17, 15) is 4.79 Å². The molecule has 88 valence electrons. The molecule has 0 atom stereocenters. The molecule has 0 unspecified atom stereocenters. The Morgan fingerprint density at radius 2 is 2.29 bits per heavy atom. The van der Waals surface area contributed by atoms with E-state index in [2.05, 4.69) is 15.5 Å². The van der Waals surface area contributed by atoms with Gasteiger partial charge in [0.15, 0.2) is 0 Å². The van der Waals surface area contributed by atoms with Crippen LogP contribution in [0.2, 0.25) is 5.02 Å². The molecule has 1 amide bonds. The maximum absolute atomic E-state index is 11.2. The third kappa shape index (κ3) is 2.21. The lowest BCUT2D eigenvalue weighted by atomic mass is 10.2. The zero-order valence-corrected chi connectivity index (χ0v) is 9.65. The molecule has 6 nitrogen and oxygen atoms in total. The van der Waals surface area contributed by atoms with Gasteiger partial charge in [-0.15, -0.1) is 0 Å². The van der Waals surface area contributed by atoms with Gasteiger partial charge in [-0.05, 0) is 18.2 Å².